The Morgan fingerprint density at radius 2 is 2.25 bits per heavy atom. The van der Waals surface area contributed by atoms with Crippen molar-refractivity contribution in [3.05, 3.63) is 34.2 Å². The van der Waals surface area contributed by atoms with E-state index in [1.54, 1.807) is 7.11 Å². The number of hydrogen-bond acceptors (Lipinski definition) is 4. The molecule has 16 heavy (non-hydrogen) atoms. The van der Waals surface area contributed by atoms with Crippen LogP contribution in [-0.2, 0) is 6.61 Å². The van der Waals surface area contributed by atoms with Gasteiger partial charge in [0.05, 0.1) is 29.3 Å². The first-order chi connectivity index (χ1) is 7.74. The molecule has 0 radical (unpaired) electrons. The molecule has 0 amide bonds. The fourth-order valence-electron chi connectivity index (χ4n) is 1.57. The van der Waals surface area contributed by atoms with Crippen molar-refractivity contribution in [1.82, 2.24) is 4.98 Å². The topological polar surface area (TPSA) is 42.4 Å². The molecule has 0 fully saturated rings. The van der Waals surface area contributed by atoms with Gasteiger partial charge in [-0.05, 0) is 19.1 Å². The summed E-state index contributed by atoms with van der Waals surface area (Å²) in [5.74, 6) is 0.798. The minimum Gasteiger partial charge on any atom is -0.497 e. The van der Waals surface area contributed by atoms with Crippen molar-refractivity contribution in [2.24, 2.45) is 0 Å². The Hall–Kier alpha value is -1.39. The van der Waals surface area contributed by atoms with E-state index in [2.05, 4.69) is 4.98 Å². The minimum absolute atomic E-state index is 0.0258. The molecule has 84 valence electrons. The molecule has 1 aromatic carbocycles. The summed E-state index contributed by atoms with van der Waals surface area (Å²) >= 11 is 1.52. The number of methoxy groups -OCH3 is 1. The van der Waals surface area contributed by atoms with Crippen LogP contribution in [0.15, 0.2) is 24.3 Å². The number of nitrogens with zero attached hydrogens (tertiary/aromatic N) is 1. The highest BCUT2D eigenvalue weighted by Gasteiger charge is 2.10. The summed E-state index contributed by atoms with van der Waals surface area (Å²) in [6.07, 6.45) is 0. The van der Waals surface area contributed by atoms with Crippen LogP contribution in [0.5, 0.6) is 5.75 Å². The van der Waals surface area contributed by atoms with Gasteiger partial charge in [-0.2, -0.15) is 0 Å². The standard InChI is InChI=1S/C12H13NO2S/c1-8-13-12(11(7-14)16-8)9-4-3-5-10(6-9)15-2/h3-6,14H,7H2,1-2H3. The van der Waals surface area contributed by atoms with Crippen LogP contribution in [0.1, 0.15) is 9.88 Å². The molecule has 0 aliphatic heterocycles. The zero-order valence-corrected chi connectivity index (χ0v) is 10.0. The zero-order chi connectivity index (χ0) is 11.5. The number of rotatable bonds is 3. The number of aliphatic hydroxyl groups excluding tert-OH is 1. The fraction of sp³-hybridized carbons (Fsp3) is 0.250. The van der Waals surface area contributed by atoms with Crippen LogP contribution in [0, 0.1) is 6.92 Å². The van der Waals surface area contributed by atoms with Gasteiger partial charge in [-0.1, -0.05) is 12.1 Å². The van der Waals surface area contributed by atoms with Gasteiger partial charge in [0.25, 0.3) is 0 Å². The monoisotopic (exact) mass is 235 g/mol. The van der Waals surface area contributed by atoms with Gasteiger partial charge in [0.15, 0.2) is 0 Å². The Bertz CT molecular complexity index is 494. The molecule has 0 spiro atoms. The number of ether oxygens (including phenoxy) is 1. The molecule has 2 rings (SSSR count). The van der Waals surface area contributed by atoms with Gasteiger partial charge < -0.3 is 9.84 Å². The molecule has 1 N–H and O–H groups in total. The average molecular weight is 235 g/mol. The summed E-state index contributed by atoms with van der Waals surface area (Å²) < 4.78 is 5.17. The summed E-state index contributed by atoms with van der Waals surface area (Å²) in [5, 5.41) is 10.2. The lowest BCUT2D eigenvalue weighted by atomic mass is 10.1. The van der Waals surface area contributed by atoms with Crippen molar-refractivity contribution < 1.29 is 9.84 Å². The van der Waals surface area contributed by atoms with E-state index in [0.717, 1.165) is 26.9 Å². The van der Waals surface area contributed by atoms with Crippen molar-refractivity contribution in [2.45, 2.75) is 13.5 Å². The van der Waals surface area contributed by atoms with E-state index in [9.17, 15) is 5.11 Å². The van der Waals surface area contributed by atoms with Crippen molar-refractivity contribution in [3.63, 3.8) is 0 Å². The molecule has 0 aliphatic carbocycles. The Morgan fingerprint density at radius 3 is 2.94 bits per heavy atom. The molecule has 0 bridgehead atoms. The maximum Gasteiger partial charge on any atom is 0.119 e. The molecular weight excluding hydrogens is 222 g/mol. The van der Waals surface area contributed by atoms with Gasteiger partial charge in [-0.3, -0.25) is 0 Å². The van der Waals surface area contributed by atoms with Crippen LogP contribution in [0.2, 0.25) is 0 Å². The normalized spacial score (nSPS) is 10.4. The maximum absolute atomic E-state index is 9.26. The fourth-order valence-corrected chi connectivity index (χ4v) is 2.39. The quantitative estimate of drug-likeness (QED) is 0.889. The highest BCUT2D eigenvalue weighted by Crippen LogP contribution is 2.29. The molecular formula is C12H13NO2S. The maximum atomic E-state index is 9.26. The first-order valence-corrected chi connectivity index (χ1v) is 5.78. The van der Waals surface area contributed by atoms with Crippen molar-refractivity contribution in [2.75, 3.05) is 7.11 Å². The van der Waals surface area contributed by atoms with Crippen LogP contribution in [-0.4, -0.2) is 17.2 Å². The highest BCUT2D eigenvalue weighted by atomic mass is 32.1. The van der Waals surface area contributed by atoms with Crippen molar-refractivity contribution in [3.8, 4) is 17.0 Å². The SMILES string of the molecule is COc1cccc(-c2nc(C)sc2CO)c1. The van der Waals surface area contributed by atoms with Crippen LogP contribution in [0.4, 0.5) is 0 Å². The summed E-state index contributed by atoms with van der Waals surface area (Å²) in [5.41, 5.74) is 1.83. The molecule has 1 heterocycles. The summed E-state index contributed by atoms with van der Waals surface area (Å²) in [6.45, 7) is 1.96. The number of aliphatic hydroxyl groups is 1. The molecule has 3 nitrogen and oxygen atoms in total. The third kappa shape index (κ3) is 2.08. The lowest BCUT2D eigenvalue weighted by molar-refractivity contribution is 0.286. The van der Waals surface area contributed by atoms with E-state index in [4.69, 9.17) is 4.74 Å². The number of benzene rings is 1. The van der Waals surface area contributed by atoms with E-state index in [1.807, 2.05) is 31.2 Å². The molecule has 4 heteroatoms. The van der Waals surface area contributed by atoms with E-state index < -0.39 is 0 Å². The van der Waals surface area contributed by atoms with E-state index in [1.165, 1.54) is 11.3 Å². The third-order valence-corrected chi connectivity index (χ3v) is 3.25. The van der Waals surface area contributed by atoms with Crippen LogP contribution in [0.3, 0.4) is 0 Å². The Kier molecular flexibility index (Phi) is 3.22. The minimum atomic E-state index is 0.0258. The number of thiazole rings is 1. The highest BCUT2D eigenvalue weighted by molar-refractivity contribution is 7.12. The lowest BCUT2D eigenvalue weighted by Crippen LogP contribution is -1.87. The van der Waals surface area contributed by atoms with Crippen molar-refractivity contribution >= 4 is 11.3 Å². The summed E-state index contributed by atoms with van der Waals surface area (Å²) in [6, 6.07) is 7.70. The van der Waals surface area contributed by atoms with Gasteiger partial charge in [0, 0.05) is 5.56 Å². The van der Waals surface area contributed by atoms with Gasteiger partial charge in [-0.15, -0.1) is 11.3 Å². The molecule has 0 saturated carbocycles. The Labute approximate surface area is 98.4 Å². The van der Waals surface area contributed by atoms with E-state index >= 15 is 0 Å². The predicted octanol–water partition coefficient (Wildman–Crippen LogP) is 2.62. The Balaban J connectivity index is 2.48. The second-order valence-corrected chi connectivity index (χ2v) is 4.68. The van der Waals surface area contributed by atoms with Gasteiger partial charge in [-0.25, -0.2) is 4.98 Å². The Morgan fingerprint density at radius 1 is 1.44 bits per heavy atom. The summed E-state index contributed by atoms with van der Waals surface area (Å²) in [4.78, 5) is 5.32. The van der Waals surface area contributed by atoms with Crippen LogP contribution in [0.25, 0.3) is 11.3 Å². The van der Waals surface area contributed by atoms with Gasteiger partial charge >= 0.3 is 0 Å². The molecule has 1 aromatic heterocycles. The van der Waals surface area contributed by atoms with Gasteiger partial charge in [0.1, 0.15) is 5.75 Å². The smallest absolute Gasteiger partial charge is 0.119 e. The summed E-state index contributed by atoms with van der Waals surface area (Å²) in [7, 11) is 1.64. The largest absolute Gasteiger partial charge is 0.497 e. The molecule has 0 atom stereocenters. The zero-order valence-electron chi connectivity index (χ0n) is 9.23. The number of aromatic nitrogens is 1. The predicted molar refractivity (Wildman–Crippen MR) is 64.8 cm³/mol. The molecule has 0 unspecified atom stereocenters. The second-order valence-electron chi connectivity index (χ2n) is 3.39. The molecule has 0 aliphatic rings. The van der Waals surface area contributed by atoms with E-state index in [-0.39, 0.29) is 6.61 Å². The van der Waals surface area contributed by atoms with Crippen LogP contribution < -0.4 is 4.74 Å². The molecule has 0 saturated heterocycles. The number of hydrogen-bond donors (Lipinski definition) is 1. The first kappa shape index (κ1) is 11.1. The average Bonchev–Trinajstić information content (AvgIpc) is 2.70. The lowest BCUT2D eigenvalue weighted by Gasteiger charge is -2.03. The third-order valence-electron chi connectivity index (χ3n) is 2.29. The van der Waals surface area contributed by atoms with Crippen molar-refractivity contribution in [1.29, 1.82) is 0 Å². The van der Waals surface area contributed by atoms with E-state index in [0.29, 0.717) is 0 Å². The second kappa shape index (κ2) is 4.63. The van der Waals surface area contributed by atoms with Gasteiger partial charge in [0.2, 0.25) is 0 Å². The number of aryl methyl sites for hydroxylation is 1. The molecule has 2 aromatic rings. The first-order valence-electron chi connectivity index (χ1n) is 4.96. The van der Waals surface area contributed by atoms with Crippen LogP contribution >= 0.6 is 11.3 Å².